The van der Waals surface area contributed by atoms with Gasteiger partial charge in [-0.2, -0.15) is 0 Å². The average Bonchev–Trinajstić information content (AvgIpc) is 2.53. The van der Waals surface area contributed by atoms with Gasteiger partial charge in [0.05, 0.1) is 11.3 Å². The number of benzene rings is 1. The maximum atomic E-state index is 11.3. The molecular formula is C11H10ClNO2. The molecule has 0 saturated carbocycles. The number of H-pyrrole nitrogens is 1. The van der Waals surface area contributed by atoms with Crippen LogP contribution in [0.5, 0.6) is 0 Å². The number of nitrogens with one attached hydrogen (secondary N) is 1. The number of aromatic nitrogens is 1. The van der Waals surface area contributed by atoms with E-state index in [1.54, 1.807) is 12.1 Å². The van der Waals surface area contributed by atoms with Crippen LogP contribution in [0.25, 0.3) is 0 Å². The largest absolute Gasteiger partial charge is 0.360 e. The minimum absolute atomic E-state index is 0.303. The highest BCUT2D eigenvalue weighted by atomic mass is 35.5. The molecule has 3 nitrogen and oxygen atoms in total. The van der Waals surface area contributed by atoms with Crippen molar-refractivity contribution in [2.24, 2.45) is 0 Å². The fourth-order valence-electron chi connectivity index (χ4n) is 1.41. The molecule has 2 rings (SSSR count). The Kier molecular flexibility index (Phi) is 2.64. The van der Waals surface area contributed by atoms with Crippen LogP contribution >= 0.6 is 11.6 Å². The van der Waals surface area contributed by atoms with E-state index in [2.05, 4.69) is 9.68 Å². The van der Waals surface area contributed by atoms with E-state index in [-0.39, 0.29) is 5.63 Å². The predicted molar refractivity (Wildman–Crippen MR) is 58.3 cm³/mol. The topological polar surface area (TPSA) is 46.0 Å². The van der Waals surface area contributed by atoms with Crippen LogP contribution in [0.15, 0.2) is 33.6 Å². The Bertz CT molecular complexity index is 510. The van der Waals surface area contributed by atoms with Crippen LogP contribution in [0.3, 0.4) is 0 Å². The van der Waals surface area contributed by atoms with E-state index < -0.39 is 0 Å². The van der Waals surface area contributed by atoms with Gasteiger partial charge >= 0.3 is 5.63 Å². The van der Waals surface area contributed by atoms with Crippen LogP contribution in [-0.2, 0) is 6.42 Å². The molecule has 0 atom stereocenters. The molecule has 0 fully saturated rings. The summed E-state index contributed by atoms with van der Waals surface area (Å²) in [5.41, 5.74) is 2.17. The van der Waals surface area contributed by atoms with E-state index in [4.69, 9.17) is 11.6 Å². The standard InChI is InChI=1S/C11H10ClNO2/c1-7-10(11(14)15-13-7)6-8-2-4-9(12)5-3-8/h2-5,13H,6H2,1H3. The summed E-state index contributed by atoms with van der Waals surface area (Å²) >= 11 is 5.77. The Morgan fingerprint density at radius 2 is 2.00 bits per heavy atom. The van der Waals surface area contributed by atoms with Crippen LogP contribution in [0.2, 0.25) is 5.02 Å². The number of hydrogen-bond donors (Lipinski definition) is 1. The molecular weight excluding hydrogens is 214 g/mol. The minimum Gasteiger partial charge on any atom is -0.339 e. The molecule has 78 valence electrons. The second kappa shape index (κ2) is 3.95. The van der Waals surface area contributed by atoms with Gasteiger partial charge in [-0.1, -0.05) is 23.7 Å². The Labute approximate surface area is 91.6 Å². The summed E-state index contributed by atoms with van der Waals surface area (Å²) in [6, 6.07) is 7.41. The van der Waals surface area contributed by atoms with Crippen molar-refractivity contribution in [1.82, 2.24) is 5.16 Å². The van der Waals surface area contributed by atoms with Crippen LogP contribution in [0.4, 0.5) is 0 Å². The number of halogens is 1. The van der Waals surface area contributed by atoms with Crippen molar-refractivity contribution in [3.05, 3.63) is 56.5 Å². The Morgan fingerprint density at radius 3 is 2.53 bits per heavy atom. The number of aryl methyl sites for hydroxylation is 1. The average molecular weight is 224 g/mol. The van der Waals surface area contributed by atoms with Crippen molar-refractivity contribution in [3.8, 4) is 0 Å². The van der Waals surface area contributed by atoms with E-state index in [1.165, 1.54) is 0 Å². The Morgan fingerprint density at radius 1 is 1.33 bits per heavy atom. The monoisotopic (exact) mass is 223 g/mol. The summed E-state index contributed by atoms with van der Waals surface area (Å²) in [4.78, 5) is 11.3. The molecule has 2 aromatic rings. The molecule has 0 radical (unpaired) electrons. The van der Waals surface area contributed by atoms with Gasteiger partial charge in [-0.25, -0.2) is 9.95 Å². The van der Waals surface area contributed by atoms with Gasteiger partial charge in [0.2, 0.25) is 0 Å². The fraction of sp³-hybridized carbons (Fsp3) is 0.182. The van der Waals surface area contributed by atoms with Crippen molar-refractivity contribution < 1.29 is 4.52 Å². The third-order valence-corrected chi connectivity index (χ3v) is 2.54. The highest BCUT2D eigenvalue weighted by molar-refractivity contribution is 6.30. The van der Waals surface area contributed by atoms with E-state index in [0.29, 0.717) is 17.0 Å². The number of hydrogen-bond acceptors (Lipinski definition) is 2. The van der Waals surface area contributed by atoms with Crippen molar-refractivity contribution >= 4 is 11.6 Å². The van der Waals surface area contributed by atoms with Gasteiger partial charge < -0.3 is 4.52 Å². The van der Waals surface area contributed by atoms with Gasteiger partial charge in [0.15, 0.2) is 0 Å². The first-order chi connectivity index (χ1) is 7.16. The Balaban J connectivity index is 2.29. The lowest BCUT2D eigenvalue weighted by Gasteiger charge is -1.98. The summed E-state index contributed by atoms with van der Waals surface area (Å²) in [5, 5.41) is 3.25. The third kappa shape index (κ3) is 2.13. The first kappa shape index (κ1) is 10.1. The lowest BCUT2D eigenvalue weighted by molar-refractivity contribution is 0.386. The van der Waals surface area contributed by atoms with Gasteiger partial charge in [0.1, 0.15) is 0 Å². The zero-order valence-electron chi connectivity index (χ0n) is 8.21. The third-order valence-electron chi connectivity index (χ3n) is 2.29. The summed E-state index contributed by atoms with van der Waals surface area (Å²) in [6.07, 6.45) is 0.564. The van der Waals surface area contributed by atoms with Crippen molar-refractivity contribution in [1.29, 1.82) is 0 Å². The molecule has 0 bridgehead atoms. The van der Waals surface area contributed by atoms with Crippen LogP contribution in [0.1, 0.15) is 16.8 Å². The molecule has 1 aromatic carbocycles. The highest BCUT2D eigenvalue weighted by Crippen LogP contribution is 2.13. The molecule has 0 saturated heterocycles. The van der Waals surface area contributed by atoms with Crippen LogP contribution in [-0.4, -0.2) is 5.16 Å². The molecule has 0 aliphatic heterocycles. The van der Waals surface area contributed by atoms with E-state index in [9.17, 15) is 4.79 Å². The molecule has 0 amide bonds. The fourth-order valence-corrected chi connectivity index (χ4v) is 1.54. The SMILES string of the molecule is Cc1[nH]oc(=O)c1Cc1ccc(Cl)cc1. The molecule has 0 unspecified atom stereocenters. The highest BCUT2D eigenvalue weighted by Gasteiger charge is 2.08. The smallest absolute Gasteiger partial charge is 0.339 e. The predicted octanol–water partition coefficient (Wildman–Crippen LogP) is 2.52. The van der Waals surface area contributed by atoms with Gasteiger partial charge in [-0.05, 0) is 24.6 Å². The quantitative estimate of drug-likeness (QED) is 0.851. The van der Waals surface area contributed by atoms with E-state index in [1.807, 2.05) is 19.1 Å². The molecule has 15 heavy (non-hydrogen) atoms. The van der Waals surface area contributed by atoms with Crippen LogP contribution < -0.4 is 5.63 Å². The normalized spacial score (nSPS) is 10.5. The summed E-state index contributed by atoms with van der Waals surface area (Å²) in [5.74, 6) is 0. The second-order valence-electron chi connectivity index (χ2n) is 3.40. The van der Waals surface area contributed by atoms with E-state index >= 15 is 0 Å². The van der Waals surface area contributed by atoms with Gasteiger partial charge in [-0.3, -0.25) is 0 Å². The Hall–Kier alpha value is -1.48. The van der Waals surface area contributed by atoms with Crippen molar-refractivity contribution in [2.75, 3.05) is 0 Å². The molecule has 0 aliphatic carbocycles. The van der Waals surface area contributed by atoms with E-state index in [0.717, 1.165) is 11.3 Å². The molecule has 4 heteroatoms. The lowest BCUT2D eigenvalue weighted by Crippen LogP contribution is -2.03. The maximum absolute atomic E-state index is 11.3. The second-order valence-corrected chi connectivity index (χ2v) is 3.83. The van der Waals surface area contributed by atoms with Crippen molar-refractivity contribution in [2.45, 2.75) is 13.3 Å². The molecule has 0 aliphatic rings. The minimum atomic E-state index is -0.303. The number of rotatable bonds is 2. The first-order valence-electron chi connectivity index (χ1n) is 4.58. The van der Waals surface area contributed by atoms with Crippen molar-refractivity contribution in [3.63, 3.8) is 0 Å². The maximum Gasteiger partial charge on any atom is 0.360 e. The summed E-state index contributed by atoms with van der Waals surface area (Å²) in [7, 11) is 0. The number of aromatic amines is 1. The molecule has 0 spiro atoms. The summed E-state index contributed by atoms with van der Waals surface area (Å²) in [6.45, 7) is 1.82. The zero-order valence-corrected chi connectivity index (χ0v) is 8.97. The molecule has 1 heterocycles. The first-order valence-corrected chi connectivity index (χ1v) is 4.96. The summed E-state index contributed by atoms with van der Waals surface area (Å²) < 4.78 is 4.68. The molecule has 1 aromatic heterocycles. The molecule has 1 N–H and O–H groups in total. The van der Waals surface area contributed by atoms with Gasteiger partial charge in [0.25, 0.3) is 0 Å². The van der Waals surface area contributed by atoms with Crippen LogP contribution in [0, 0.1) is 6.92 Å². The lowest BCUT2D eigenvalue weighted by atomic mass is 10.1. The zero-order chi connectivity index (χ0) is 10.8. The van der Waals surface area contributed by atoms with Gasteiger partial charge in [-0.15, -0.1) is 0 Å². The van der Waals surface area contributed by atoms with Gasteiger partial charge in [0, 0.05) is 11.4 Å².